The summed E-state index contributed by atoms with van der Waals surface area (Å²) in [6.45, 7) is 1.55. The summed E-state index contributed by atoms with van der Waals surface area (Å²) in [5, 5.41) is 11.4. The molecule has 0 spiro atoms. The van der Waals surface area contributed by atoms with Crippen LogP contribution in [0.1, 0.15) is 12.0 Å². The predicted molar refractivity (Wildman–Crippen MR) is 100 cm³/mol. The monoisotopic (exact) mass is 347 g/mol. The number of anilines is 1. The Morgan fingerprint density at radius 1 is 1.08 bits per heavy atom. The van der Waals surface area contributed by atoms with Crippen LogP contribution in [0.5, 0.6) is 0 Å². The number of benzene rings is 2. The Morgan fingerprint density at radius 3 is 2.58 bits per heavy atom. The topological polar surface area (TPSA) is 63.1 Å². The van der Waals surface area contributed by atoms with Crippen molar-refractivity contribution in [3.05, 3.63) is 72.4 Å². The van der Waals surface area contributed by atoms with E-state index in [9.17, 15) is 4.79 Å². The Morgan fingerprint density at radius 2 is 1.81 bits per heavy atom. The zero-order chi connectivity index (χ0) is 17.8. The van der Waals surface area contributed by atoms with Crippen molar-refractivity contribution in [2.24, 2.45) is 5.92 Å². The molecule has 1 N–H and O–H groups in total. The van der Waals surface area contributed by atoms with Crippen molar-refractivity contribution in [3.8, 4) is 5.69 Å². The van der Waals surface area contributed by atoms with Gasteiger partial charge in [-0.15, -0.1) is 9.90 Å². The SMILES string of the molecule is O=C(Nc1cnn(-c2ccccc2)n1)N1CC[C@@H](Cc2ccccc2)C1. The van der Waals surface area contributed by atoms with Crippen LogP contribution in [0, 0.1) is 5.92 Å². The van der Waals surface area contributed by atoms with Gasteiger partial charge in [0.1, 0.15) is 0 Å². The van der Waals surface area contributed by atoms with Crippen molar-refractivity contribution in [1.82, 2.24) is 19.9 Å². The highest BCUT2D eigenvalue weighted by Gasteiger charge is 2.26. The molecule has 1 atom stereocenters. The van der Waals surface area contributed by atoms with Crippen LogP contribution in [0.2, 0.25) is 0 Å². The number of likely N-dealkylation sites (tertiary alicyclic amines) is 1. The maximum absolute atomic E-state index is 12.5. The molecule has 0 saturated carbocycles. The third-order valence-corrected chi connectivity index (χ3v) is 4.65. The van der Waals surface area contributed by atoms with Gasteiger partial charge in [-0.2, -0.15) is 5.10 Å². The molecule has 4 rings (SSSR count). The van der Waals surface area contributed by atoms with Crippen LogP contribution < -0.4 is 5.32 Å². The Labute approximate surface area is 152 Å². The summed E-state index contributed by atoms with van der Waals surface area (Å²) in [6, 6.07) is 19.9. The molecule has 1 aliphatic heterocycles. The maximum Gasteiger partial charge on any atom is 0.323 e. The Kier molecular flexibility index (Phi) is 4.64. The summed E-state index contributed by atoms with van der Waals surface area (Å²) in [7, 11) is 0. The fourth-order valence-corrected chi connectivity index (χ4v) is 3.33. The summed E-state index contributed by atoms with van der Waals surface area (Å²) in [5.41, 5.74) is 2.18. The van der Waals surface area contributed by atoms with Crippen LogP contribution in [0.4, 0.5) is 10.6 Å². The molecule has 1 aliphatic rings. The van der Waals surface area contributed by atoms with E-state index in [0.29, 0.717) is 11.7 Å². The molecule has 2 amide bonds. The Bertz CT molecular complexity index is 862. The van der Waals surface area contributed by atoms with Gasteiger partial charge in [0.25, 0.3) is 0 Å². The van der Waals surface area contributed by atoms with E-state index in [0.717, 1.165) is 31.6 Å². The van der Waals surface area contributed by atoms with Crippen LogP contribution in [0.25, 0.3) is 5.69 Å². The largest absolute Gasteiger partial charge is 0.324 e. The number of rotatable bonds is 4. The second-order valence-corrected chi connectivity index (χ2v) is 6.58. The number of hydrogen-bond donors (Lipinski definition) is 1. The van der Waals surface area contributed by atoms with E-state index in [1.54, 1.807) is 6.20 Å². The lowest BCUT2D eigenvalue weighted by molar-refractivity contribution is 0.220. The molecule has 3 aromatic rings. The molecule has 132 valence electrons. The molecule has 2 aromatic carbocycles. The normalized spacial score (nSPS) is 16.6. The molecule has 2 heterocycles. The molecule has 26 heavy (non-hydrogen) atoms. The molecule has 0 unspecified atom stereocenters. The lowest BCUT2D eigenvalue weighted by atomic mass is 9.99. The first-order valence-electron chi connectivity index (χ1n) is 8.85. The molecule has 6 nitrogen and oxygen atoms in total. The highest BCUT2D eigenvalue weighted by atomic mass is 16.2. The smallest absolute Gasteiger partial charge is 0.323 e. The highest BCUT2D eigenvalue weighted by Crippen LogP contribution is 2.21. The first-order valence-corrected chi connectivity index (χ1v) is 8.85. The molecule has 0 aliphatic carbocycles. The van der Waals surface area contributed by atoms with Crippen molar-refractivity contribution >= 4 is 11.8 Å². The molecule has 1 saturated heterocycles. The van der Waals surface area contributed by atoms with Crippen molar-refractivity contribution in [2.75, 3.05) is 18.4 Å². The lowest BCUT2D eigenvalue weighted by Gasteiger charge is -2.16. The summed E-state index contributed by atoms with van der Waals surface area (Å²) >= 11 is 0. The van der Waals surface area contributed by atoms with Gasteiger partial charge in [-0.25, -0.2) is 4.79 Å². The van der Waals surface area contributed by atoms with E-state index < -0.39 is 0 Å². The third kappa shape index (κ3) is 3.74. The molecular weight excluding hydrogens is 326 g/mol. The van der Waals surface area contributed by atoms with Gasteiger partial charge in [0.05, 0.1) is 11.9 Å². The second-order valence-electron chi connectivity index (χ2n) is 6.58. The number of nitrogens with one attached hydrogen (secondary N) is 1. The summed E-state index contributed by atoms with van der Waals surface area (Å²) in [5.74, 6) is 0.966. The van der Waals surface area contributed by atoms with E-state index >= 15 is 0 Å². The number of amides is 2. The molecule has 6 heteroatoms. The minimum Gasteiger partial charge on any atom is -0.324 e. The van der Waals surface area contributed by atoms with Gasteiger partial charge in [0.2, 0.25) is 0 Å². The van der Waals surface area contributed by atoms with E-state index in [1.165, 1.54) is 10.4 Å². The zero-order valence-corrected chi connectivity index (χ0v) is 14.5. The molecule has 0 bridgehead atoms. The minimum absolute atomic E-state index is 0.110. The van der Waals surface area contributed by atoms with E-state index in [-0.39, 0.29) is 6.03 Å². The highest BCUT2D eigenvalue weighted by molar-refractivity contribution is 5.88. The van der Waals surface area contributed by atoms with E-state index in [4.69, 9.17) is 0 Å². The third-order valence-electron chi connectivity index (χ3n) is 4.65. The first kappa shape index (κ1) is 16.3. The molecule has 1 aromatic heterocycles. The number of nitrogens with zero attached hydrogens (tertiary/aromatic N) is 4. The molecule has 0 radical (unpaired) electrons. The van der Waals surface area contributed by atoms with Crippen molar-refractivity contribution < 1.29 is 4.79 Å². The van der Waals surface area contributed by atoms with Gasteiger partial charge in [0, 0.05) is 13.1 Å². The standard InChI is InChI=1S/C20H21N5O/c26-20(22-19-14-21-25(23-19)18-9-5-2-6-10-18)24-12-11-17(15-24)13-16-7-3-1-4-8-16/h1-10,14,17H,11-13,15H2,(H,22,23,26)/t17-/m0/s1. The summed E-state index contributed by atoms with van der Waals surface area (Å²) < 4.78 is 0. The van der Waals surface area contributed by atoms with E-state index in [2.05, 4.69) is 39.8 Å². The maximum atomic E-state index is 12.5. The van der Waals surface area contributed by atoms with E-state index in [1.807, 2.05) is 41.3 Å². The Hall–Kier alpha value is -3.15. The molecular formula is C20H21N5O. The van der Waals surface area contributed by atoms with Crippen LogP contribution in [0.3, 0.4) is 0 Å². The van der Waals surface area contributed by atoms with Crippen LogP contribution in [0.15, 0.2) is 66.9 Å². The summed E-state index contributed by atoms with van der Waals surface area (Å²) in [4.78, 5) is 15.9. The fourth-order valence-electron chi connectivity index (χ4n) is 3.33. The lowest BCUT2D eigenvalue weighted by Crippen LogP contribution is -2.33. The fraction of sp³-hybridized carbons (Fsp3) is 0.250. The minimum atomic E-state index is -0.110. The number of aromatic nitrogens is 3. The zero-order valence-electron chi connectivity index (χ0n) is 14.5. The number of carbonyl (C=O) groups is 1. The van der Waals surface area contributed by atoms with Crippen molar-refractivity contribution in [3.63, 3.8) is 0 Å². The van der Waals surface area contributed by atoms with Crippen LogP contribution in [-0.2, 0) is 6.42 Å². The number of carbonyl (C=O) groups excluding carboxylic acids is 1. The van der Waals surface area contributed by atoms with Crippen LogP contribution in [-0.4, -0.2) is 39.0 Å². The number of para-hydroxylation sites is 1. The predicted octanol–water partition coefficient (Wildman–Crippen LogP) is 3.36. The number of urea groups is 1. The van der Waals surface area contributed by atoms with Gasteiger partial charge >= 0.3 is 6.03 Å². The summed E-state index contributed by atoms with van der Waals surface area (Å²) in [6.07, 6.45) is 3.61. The van der Waals surface area contributed by atoms with Gasteiger partial charge in [0.15, 0.2) is 5.82 Å². The van der Waals surface area contributed by atoms with Crippen LogP contribution >= 0.6 is 0 Å². The second kappa shape index (κ2) is 7.39. The van der Waals surface area contributed by atoms with Crippen molar-refractivity contribution in [1.29, 1.82) is 0 Å². The number of hydrogen-bond acceptors (Lipinski definition) is 3. The van der Waals surface area contributed by atoms with Gasteiger partial charge < -0.3 is 4.90 Å². The quantitative estimate of drug-likeness (QED) is 0.787. The average Bonchev–Trinajstić information content (AvgIpc) is 3.33. The van der Waals surface area contributed by atoms with Crippen molar-refractivity contribution in [2.45, 2.75) is 12.8 Å². The molecule has 1 fully saturated rings. The first-order chi connectivity index (χ1) is 12.8. The van der Waals surface area contributed by atoms with Gasteiger partial charge in [-0.1, -0.05) is 48.5 Å². The Balaban J connectivity index is 1.34. The van der Waals surface area contributed by atoms with Gasteiger partial charge in [-0.05, 0) is 36.5 Å². The van der Waals surface area contributed by atoms with Gasteiger partial charge in [-0.3, -0.25) is 5.32 Å². The average molecular weight is 347 g/mol.